The maximum absolute atomic E-state index is 11.5. The molecule has 2 heterocycles. The molecule has 1 unspecified atom stereocenters. The molecule has 3 rings (SSSR count). The zero-order valence-electron chi connectivity index (χ0n) is 9.31. The van der Waals surface area contributed by atoms with Gasteiger partial charge in [0.15, 0.2) is 6.10 Å². The van der Waals surface area contributed by atoms with Gasteiger partial charge >= 0.3 is 11.9 Å². The van der Waals surface area contributed by atoms with Crippen molar-refractivity contribution in [3.63, 3.8) is 0 Å². The summed E-state index contributed by atoms with van der Waals surface area (Å²) in [5.41, 5.74) is 0. The van der Waals surface area contributed by atoms with Crippen LogP contribution in [0, 0.1) is 0 Å². The summed E-state index contributed by atoms with van der Waals surface area (Å²) in [4.78, 5) is 21.8. The monoisotopic (exact) mass is 242 g/mol. The molecule has 6 nitrogen and oxygen atoms in total. The second-order valence-electron chi connectivity index (χ2n) is 4.74. The van der Waals surface area contributed by atoms with E-state index in [0.29, 0.717) is 12.8 Å². The first-order valence-corrected chi connectivity index (χ1v) is 5.90. The molecule has 1 N–H and O–H groups in total. The minimum Gasteiger partial charge on any atom is -0.481 e. The molecule has 1 aliphatic carbocycles. The number of carboxylic acids is 1. The largest absolute Gasteiger partial charge is 0.481 e. The standard InChI is InChI=1S/C11H14O6/c12-8(13)3-1-2-4-9(14)15-7-5-6-10-11(7,16-10)17-10/h7H,1-6H2,(H,12,13). The first kappa shape index (κ1) is 11.0. The Morgan fingerprint density at radius 3 is 2.53 bits per heavy atom. The maximum Gasteiger partial charge on any atom is 0.306 e. The normalized spacial score (nSPS) is 40.4. The van der Waals surface area contributed by atoms with Crippen LogP contribution in [0.2, 0.25) is 0 Å². The average molecular weight is 242 g/mol. The fraction of sp³-hybridized carbons (Fsp3) is 0.818. The van der Waals surface area contributed by atoms with Crippen LogP contribution in [0.4, 0.5) is 0 Å². The highest BCUT2D eigenvalue weighted by atomic mass is 17.1. The molecule has 0 amide bonds. The number of esters is 1. The Morgan fingerprint density at radius 1 is 1.29 bits per heavy atom. The molecule has 2 aliphatic heterocycles. The highest BCUT2D eigenvalue weighted by molar-refractivity contribution is 5.70. The van der Waals surface area contributed by atoms with Crippen LogP contribution in [0.1, 0.15) is 38.5 Å². The molecule has 1 atom stereocenters. The molecule has 0 bridgehead atoms. The van der Waals surface area contributed by atoms with Crippen molar-refractivity contribution in [3.05, 3.63) is 0 Å². The SMILES string of the molecule is O=C(O)CCCCC(=O)OC1CCC23OC12O3. The molecule has 3 fully saturated rings. The molecule has 0 aromatic heterocycles. The lowest BCUT2D eigenvalue weighted by atomic mass is 10.2. The molecule has 0 spiro atoms. The average Bonchev–Trinajstić information content (AvgIpc) is 3.01. The Morgan fingerprint density at radius 2 is 2.00 bits per heavy atom. The van der Waals surface area contributed by atoms with Gasteiger partial charge in [-0.25, -0.2) is 0 Å². The summed E-state index contributed by atoms with van der Waals surface area (Å²) in [6.45, 7) is 0. The fourth-order valence-electron chi connectivity index (χ4n) is 2.51. The highest BCUT2D eigenvalue weighted by Gasteiger charge is 2.97. The van der Waals surface area contributed by atoms with Crippen molar-refractivity contribution in [1.82, 2.24) is 0 Å². The van der Waals surface area contributed by atoms with Gasteiger partial charge in [-0.05, 0) is 19.3 Å². The van der Waals surface area contributed by atoms with E-state index in [1.165, 1.54) is 0 Å². The van der Waals surface area contributed by atoms with Crippen molar-refractivity contribution in [2.24, 2.45) is 0 Å². The molecular weight excluding hydrogens is 228 g/mol. The predicted octanol–water partition coefficient (Wildman–Crippen LogP) is 0.790. The number of aliphatic carboxylic acids is 1. The van der Waals surface area contributed by atoms with E-state index in [1.807, 2.05) is 0 Å². The Balaban J connectivity index is 1.35. The fourth-order valence-corrected chi connectivity index (χ4v) is 2.51. The zero-order chi connectivity index (χ0) is 12.1. The smallest absolute Gasteiger partial charge is 0.306 e. The van der Waals surface area contributed by atoms with Gasteiger partial charge in [0.1, 0.15) is 0 Å². The van der Waals surface area contributed by atoms with Crippen molar-refractivity contribution in [1.29, 1.82) is 0 Å². The topological polar surface area (TPSA) is 88.7 Å². The predicted molar refractivity (Wildman–Crippen MR) is 52.8 cm³/mol. The number of ether oxygens (including phenoxy) is 3. The lowest BCUT2D eigenvalue weighted by molar-refractivity contribution is -0.189. The van der Waals surface area contributed by atoms with Gasteiger partial charge in [0.25, 0.3) is 5.79 Å². The van der Waals surface area contributed by atoms with Crippen molar-refractivity contribution in [3.8, 4) is 0 Å². The van der Waals surface area contributed by atoms with E-state index in [9.17, 15) is 9.59 Å². The van der Waals surface area contributed by atoms with Crippen LogP contribution in [0.3, 0.4) is 0 Å². The summed E-state index contributed by atoms with van der Waals surface area (Å²) in [5, 5.41) is 8.44. The van der Waals surface area contributed by atoms with E-state index in [4.69, 9.17) is 19.3 Å². The van der Waals surface area contributed by atoms with Gasteiger partial charge in [-0.2, -0.15) is 0 Å². The van der Waals surface area contributed by atoms with Crippen molar-refractivity contribution < 1.29 is 28.9 Å². The highest BCUT2D eigenvalue weighted by Crippen LogP contribution is 2.76. The number of rotatable bonds is 6. The van der Waals surface area contributed by atoms with Gasteiger partial charge in [-0.3, -0.25) is 9.59 Å². The summed E-state index contributed by atoms with van der Waals surface area (Å²) < 4.78 is 15.9. The minimum absolute atomic E-state index is 0.0932. The summed E-state index contributed by atoms with van der Waals surface area (Å²) in [5.74, 6) is -2.13. The quantitative estimate of drug-likeness (QED) is 0.421. The molecule has 6 heteroatoms. The second-order valence-corrected chi connectivity index (χ2v) is 4.74. The summed E-state index contributed by atoms with van der Waals surface area (Å²) in [6, 6.07) is 0. The maximum atomic E-state index is 11.5. The van der Waals surface area contributed by atoms with Crippen molar-refractivity contribution in [2.75, 3.05) is 0 Å². The van der Waals surface area contributed by atoms with E-state index < -0.39 is 17.5 Å². The van der Waals surface area contributed by atoms with Gasteiger partial charge in [-0.15, -0.1) is 0 Å². The van der Waals surface area contributed by atoms with Crippen LogP contribution >= 0.6 is 0 Å². The van der Waals surface area contributed by atoms with E-state index in [1.54, 1.807) is 0 Å². The Labute approximate surface area is 97.8 Å². The van der Waals surface area contributed by atoms with Gasteiger partial charge in [0, 0.05) is 19.3 Å². The Kier molecular flexibility index (Phi) is 2.21. The first-order valence-electron chi connectivity index (χ1n) is 5.90. The van der Waals surface area contributed by atoms with Gasteiger partial charge in [-0.1, -0.05) is 0 Å². The molecule has 0 radical (unpaired) electrons. The summed E-state index contributed by atoms with van der Waals surface area (Å²) in [7, 11) is 0. The van der Waals surface area contributed by atoms with Crippen LogP contribution in [0.25, 0.3) is 0 Å². The van der Waals surface area contributed by atoms with Gasteiger partial charge in [0.05, 0.1) is 0 Å². The van der Waals surface area contributed by atoms with E-state index in [2.05, 4.69) is 0 Å². The van der Waals surface area contributed by atoms with Crippen molar-refractivity contribution >= 4 is 11.9 Å². The molecule has 17 heavy (non-hydrogen) atoms. The lowest BCUT2D eigenvalue weighted by Crippen LogP contribution is -2.28. The zero-order valence-corrected chi connectivity index (χ0v) is 9.31. The molecule has 0 aromatic carbocycles. The summed E-state index contributed by atoms with van der Waals surface area (Å²) >= 11 is 0. The number of carbonyl (C=O) groups excluding carboxylic acids is 1. The first-order chi connectivity index (χ1) is 8.08. The third-order valence-electron chi connectivity index (χ3n) is 3.54. The molecule has 3 aliphatic rings. The van der Waals surface area contributed by atoms with E-state index >= 15 is 0 Å². The van der Waals surface area contributed by atoms with Crippen LogP contribution in [-0.4, -0.2) is 34.7 Å². The number of hydrogen-bond acceptors (Lipinski definition) is 5. The number of carbonyl (C=O) groups is 2. The Bertz CT molecular complexity index is 370. The van der Waals surface area contributed by atoms with Crippen LogP contribution in [0.15, 0.2) is 0 Å². The van der Waals surface area contributed by atoms with Crippen LogP contribution < -0.4 is 0 Å². The molecule has 0 aromatic rings. The summed E-state index contributed by atoms with van der Waals surface area (Å²) in [6.07, 6.45) is 2.71. The van der Waals surface area contributed by atoms with E-state index in [-0.39, 0.29) is 24.9 Å². The third kappa shape index (κ3) is 1.63. The molecule has 2 saturated heterocycles. The van der Waals surface area contributed by atoms with Gasteiger partial charge in [0.2, 0.25) is 5.79 Å². The van der Waals surface area contributed by atoms with Crippen LogP contribution in [-0.2, 0) is 23.8 Å². The number of epoxide rings is 2. The number of hydrogen-bond donors (Lipinski definition) is 1. The number of unbranched alkanes of at least 4 members (excludes halogenated alkanes) is 1. The van der Waals surface area contributed by atoms with Crippen molar-refractivity contribution in [2.45, 2.75) is 56.2 Å². The van der Waals surface area contributed by atoms with Gasteiger partial charge < -0.3 is 19.3 Å². The molecule has 94 valence electrons. The molecule has 1 saturated carbocycles. The molecular formula is C11H14O6. The number of carboxylic acid groups (broad SMARTS) is 1. The lowest BCUT2D eigenvalue weighted by Gasteiger charge is -2.18. The van der Waals surface area contributed by atoms with E-state index in [0.717, 1.165) is 12.8 Å². The third-order valence-corrected chi connectivity index (χ3v) is 3.54. The Hall–Kier alpha value is -1.14. The van der Waals surface area contributed by atoms with Crippen LogP contribution in [0.5, 0.6) is 0 Å². The second kappa shape index (κ2) is 3.43. The minimum atomic E-state index is -0.837.